The van der Waals surface area contributed by atoms with E-state index < -0.39 is 30.5 Å². The lowest BCUT2D eigenvalue weighted by molar-refractivity contribution is -0.153. The summed E-state index contributed by atoms with van der Waals surface area (Å²) in [6.07, 6.45) is -3.25. The fraction of sp³-hybridized carbons (Fsp3) is 0.263. The molecule has 0 aliphatic heterocycles. The third-order valence-corrected chi connectivity index (χ3v) is 4.08. The molecule has 0 aliphatic rings. The Morgan fingerprint density at radius 2 is 2.04 bits per heavy atom. The van der Waals surface area contributed by atoms with Crippen LogP contribution in [0.3, 0.4) is 0 Å². The molecule has 1 aromatic carbocycles. The SMILES string of the molecule is Cc1cc(OCC(F)(F)F)cnc1[C@@H](C)NC(=O)c1cc2cc(F)ccc2[nH]1. The number of aryl methyl sites for hydroxylation is 1. The molecule has 28 heavy (non-hydrogen) atoms. The average molecular weight is 395 g/mol. The smallest absolute Gasteiger partial charge is 0.422 e. The van der Waals surface area contributed by atoms with Gasteiger partial charge >= 0.3 is 6.18 Å². The number of nitrogens with one attached hydrogen (secondary N) is 2. The number of rotatable bonds is 5. The molecular weight excluding hydrogens is 378 g/mol. The van der Waals surface area contributed by atoms with E-state index in [4.69, 9.17) is 0 Å². The first kappa shape index (κ1) is 19.7. The van der Waals surface area contributed by atoms with Crippen molar-refractivity contribution in [2.24, 2.45) is 0 Å². The van der Waals surface area contributed by atoms with E-state index in [1.54, 1.807) is 13.8 Å². The Morgan fingerprint density at radius 3 is 2.71 bits per heavy atom. The van der Waals surface area contributed by atoms with Crippen molar-refractivity contribution in [2.45, 2.75) is 26.1 Å². The maximum absolute atomic E-state index is 13.3. The molecule has 0 unspecified atom stereocenters. The van der Waals surface area contributed by atoms with Gasteiger partial charge in [-0.15, -0.1) is 0 Å². The van der Waals surface area contributed by atoms with Crippen molar-refractivity contribution in [2.75, 3.05) is 6.61 Å². The number of amides is 1. The molecule has 0 bridgehead atoms. The maximum atomic E-state index is 13.3. The van der Waals surface area contributed by atoms with Gasteiger partial charge in [0.1, 0.15) is 17.3 Å². The molecule has 2 heterocycles. The number of hydrogen-bond donors (Lipinski definition) is 2. The first-order chi connectivity index (χ1) is 13.1. The zero-order valence-electron chi connectivity index (χ0n) is 15.0. The van der Waals surface area contributed by atoms with Gasteiger partial charge in [-0.05, 0) is 49.7 Å². The molecule has 2 N–H and O–H groups in total. The molecule has 0 saturated heterocycles. The molecule has 0 aliphatic carbocycles. The molecule has 0 saturated carbocycles. The summed E-state index contributed by atoms with van der Waals surface area (Å²) >= 11 is 0. The lowest BCUT2D eigenvalue weighted by Gasteiger charge is -2.16. The highest BCUT2D eigenvalue weighted by atomic mass is 19.4. The molecule has 0 spiro atoms. The van der Waals surface area contributed by atoms with Gasteiger partial charge in [0, 0.05) is 10.9 Å². The highest BCUT2D eigenvalue weighted by Gasteiger charge is 2.28. The molecule has 148 valence electrons. The van der Waals surface area contributed by atoms with E-state index >= 15 is 0 Å². The van der Waals surface area contributed by atoms with Crippen LogP contribution in [0.5, 0.6) is 5.75 Å². The standard InChI is InChI=1S/C19H17F4N3O2/c1-10-5-14(28-9-19(21,22)23)8-24-17(10)11(2)25-18(27)16-7-12-6-13(20)3-4-15(12)26-16/h3-8,11,26H,9H2,1-2H3,(H,25,27)/t11-/m1/s1. The molecule has 3 aromatic rings. The lowest BCUT2D eigenvalue weighted by Crippen LogP contribution is -2.28. The van der Waals surface area contributed by atoms with Gasteiger partial charge in [-0.25, -0.2) is 4.39 Å². The molecular formula is C19H17F4N3O2. The van der Waals surface area contributed by atoms with E-state index in [9.17, 15) is 22.4 Å². The largest absolute Gasteiger partial charge is 0.482 e. The molecule has 3 rings (SSSR count). The van der Waals surface area contributed by atoms with Crippen LogP contribution in [-0.2, 0) is 0 Å². The van der Waals surface area contributed by atoms with Crippen molar-refractivity contribution >= 4 is 16.8 Å². The predicted octanol–water partition coefficient (Wildman–Crippen LogP) is 4.44. The number of pyridine rings is 1. The topological polar surface area (TPSA) is 67.0 Å². The van der Waals surface area contributed by atoms with E-state index in [0.717, 1.165) is 0 Å². The van der Waals surface area contributed by atoms with Crippen molar-refractivity contribution in [3.05, 3.63) is 59.3 Å². The van der Waals surface area contributed by atoms with Crippen LogP contribution in [-0.4, -0.2) is 28.7 Å². The Morgan fingerprint density at radius 1 is 1.29 bits per heavy atom. The van der Waals surface area contributed by atoms with Gasteiger partial charge in [0.25, 0.3) is 5.91 Å². The van der Waals surface area contributed by atoms with Gasteiger partial charge < -0.3 is 15.0 Å². The molecule has 1 atom stereocenters. The van der Waals surface area contributed by atoms with Crippen LogP contribution in [0.15, 0.2) is 36.5 Å². The lowest BCUT2D eigenvalue weighted by atomic mass is 10.1. The van der Waals surface area contributed by atoms with E-state index in [-0.39, 0.29) is 11.4 Å². The van der Waals surface area contributed by atoms with E-state index in [1.807, 2.05) is 0 Å². The number of alkyl halides is 3. The third kappa shape index (κ3) is 4.59. The van der Waals surface area contributed by atoms with Crippen LogP contribution < -0.4 is 10.1 Å². The predicted molar refractivity (Wildman–Crippen MR) is 94.7 cm³/mol. The van der Waals surface area contributed by atoms with Gasteiger partial charge in [0.05, 0.1) is 17.9 Å². The first-order valence-electron chi connectivity index (χ1n) is 8.37. The number of carbonyl (C=O) groups excluding carboxylic acids is 1. The number of H-pyrrole nitrogens is 1. The Kier molecular flexibility index (Phi) is 5.26. The molecule has 5 nitrogen and oxygen atoms in total. The second kappa shape index (κ2) is 7.49. The van der Waals surface area contributed by atoms with Gasteiger partial charge in [0.15, 0.2) is 6.61 Å². The zero-order chi connectivity index (χ0) is 20.5. The van der Waals surface area contributed by atoms with Crippen molar-refractivity contribution in [3.8, 4) is 5.75 Å². The fourth-order valence-corrected chi connectivity index (χ4v) is 2.83. The van der Waals surface area contributed by atoms with Crippen molar-refractivity contribution in [1.29, 1.82) is 0 Å². The highest BCUT2D eigenvalue weighted by molar-refractivity contribution is 5.98. The number of nitrogens with zero attached hydrogens (tertiary/aromatic N) is 1. The van der Waals surface area contributed by atoms with E-state index in [1.165, 1.54) is 36.5 Å². The number of benzene rings is 1. The summed E-state index contributed by atoms with van der Waals surface area (Å²) in [7, 11) is 0. The van der Waals surface area contributed by atoms with Gasteiger partial charge in [-0.1, -0.05) is 0 Å². The molecule has 0 fully saturated rings. The number of hydrogen-bond acceptors (Lipinski definition) is 3. The number of fused-ring (bicyclic) bond motifs is 1. The van der Waals surface area contributed by atoms with Crippen LogP contribution in [0.2, 0.25) is 0 Å². The number of carbonyl (C=O) groups is 1. The van der Waals surface area contributed by atoms with E-state index in [0.29, 0.717) is 22.2 Å². The van der Waals surface area contributed by atoms with Gasteiger partial charge in [0.2, 0.25) is 0 Å². The van der Waals surface area contributed by atoms with Crippen LogP contribution in [0.4, 0.5) is 17.6 Å². The summed E-state index contributed by atoms with van der Waals surface area (Å²) in [5.41, 5.74) is 1.95. The summed E-state index contributed by atoms with van der Waals surface area (Å²) in [5, 5.41) is 3.33. The average Bonchev–Trinajstić information content (AvgIpc) is 3.02. The minimum Gasteiger partial charge on any atom is -0.482 e. The summed E-state index contributed by atoms with van der Waals surface area (Å²) in [5.74, 6) is -0.822. The summed E-state index contributed by atoms with van der Waals surface area (Å²) in [6.45, 7) is 1.96. The Hall–Kier alpha value is -3.10. The minimum atomic E-state index is -4.43. The van der Waals surface area contributed by atoms with Gasteiger partial charge in [-0.2, -0.15) is 13.2 Å². The minimum absolute atomic E-state index is 0.00487. The van der Waals surface area contributed by atoms with Crippen LogP contribution in [0.25, 0.3) is 10.9 Å². The zero-order valence-corrected chi connectivity index (χ0v) is 15.0. The van der Waals surface area contributed by atoms with Crippen molar-refractivity contribution in [3.63, 3.8) is 0 Å². The Balaban J connectivity index is 1.70. The molecule has 9 heteroatoms. The third-order valence-electron chi connectivity index (χ3n) is 4.08. The molecule has 0 radical (unpaired) electrons. The number of halogens is 4. The number of aromatic nitrogens is 2. The second-order valence-corrected chi connectivity index (χ2v) is 6.39. The Labute approximate surface area is 157 Å². The highest BCUT2D eigenvalue weighted by Crippen LogP contribution is 2.23. The molecule has 2 aromatic heterocycles. The number of aromatic amines is 1. The second-order valence-electron chi connectivity index (χ2n) is 6.39. The quantitative estimate of drug-likeness (QED) is 0.628. The van der Waals surface area contributed by atoms with Crippen LogP contribution in [0, 0.1) is 12.7 Å². The monoisotopic (exact) mass is 395 g/mol. The maximum Gasteiger partial charge on any atom is 0.422 e. The van der Waals surface area contributed by atoms with Crippen molar-refractivity contribution in [1.82, 2.24) is 15.3 Å². The summed E-state index contributed by atoms with van der Waals surface area (Å²) < 4.78 is 54.7. The van der Waals surface area contributed by atoms with Crippen LogP contribution >= 0.6 is 0 Å². The summed E-state index contributed by atoms with van der Waals surface area (Å²) in [6, 6.07) is 6.61. The normalized spacial score (nSPS) is 12.8. The van der Waals surface area contributed by atoms with Crippen molar-refractivity contribution < 1.29 is 27.1 Å². The summed E-state index contributed by atoms with van der Waals surface area (Å²) in [4.78, 5) is 19.5. The first-order valence-corrected chi connectivity index (χ1v) is 8.37. The number of ether oxygens (including phenoxy) is 1. The van der Waals surface area contributed by atoms with E-state index in [2.05, 4.69) is 20.0 Å². The van der Waals surface area contributed by atoms with Crippen LogP contribution in [0.1, 0.15) is 34.7 Å². The molecule has 1 amide bonds. The fourth-order valence-electron chi connectivity index (χ4n) is 2.83. The Bertz CT molecular complexity index is 1010. The van der Waals surface area contributed by atoms with Gasteiger partial charge in [-0.3, -0.25) is 9.78 Å².